The van der Waals surface area contributed by atoms with Gasteiger partial charge in [0.1, 0.15) is 0 Å². The molecule has 0 aliphatic carbocycles. The lowest BCUT2D eigenvalue weighted by molar-refractivity contribution is 0.135. The van der Waals surface area contributed by atoms with E-state index in [-0.39, 0.29) is 12.1 Å². The fourth-order valence-corrected chi connectivity index (χ4v) is 2.06. The summed E-state index contributed by atoms with van der Waals surface area (Å²) in [5, 5.41) is 12.8. The zero-order chi connectivity index (χ0) is 11.3. The molecule has 0 saturated carbocycles. The van der Waals surface area contributed by atoms with Gasteiger partial charge in [0.15, 0.2) is 0 Å². The van der Waals surface area contributed by atoms with Crippen molar-refractivity contribution in [2.75, 3.05) is 26.7 Å². The maximum atomic E-state index is 9.30. The molecule has 3 heteroatoms. The molecule has 0 aromatic rings. The van der Waals surface area contributed by atoms with E-state index in [2.05, 4.69) is 31.1 Å². The average Bonchev–Trinajstić information content (AvgIpc) is 2.28. The van der Waals surface area contributed by atoms with Gasteiger partial charge in [0, 0.05) is 18.1 Å². The minimum Gasteiger partial charge on any atom is -0.394 e. The molecule has 0 amide bonds. The van der Waals surface area contributed by atoms with Crippen molar-refractivity contribution < 1.29 is 5.11 Å². The number of rotatable bonds is 5. The van der Waals surface area contributed by atoms with Crippen LogP contribution in [0.1, 0.15) is 39.5 Å². The van der Waals surface area contributed by atoms with Gasteiger partial charge >= 0.3 is 0 Å². The molecular weight excluding hydrogens is 188 g/mol. The molecule has 1 saturated heterocycles. The fourth-order valence-electron chi connectivity index (χ4n) is 2.06. The van der Waals surface area contributed by atoms with Gasteiger partial charge in [0.05, 0.1) is 6.61 Å². The van der Waals surface area contributed by atoms with Gasteiger partial charge < -0.3 is 15.3 Å². The van der Waals surface area contributed by atoms with Crippen molar-refractivity contribution >= 4 is 0 Å². The number of piperidine rings is 1. The van der Waals surface area contributed by atoms with Crippen molar-refractivity contribution in [2.45, 2.75) is 51.1 Å². The standard InChI is InChI=1S/C12H26N2O/c1-4-12(2,10-15)13-9-11-7-5-6-8-14(11)3/h11,13,15H,4-10H2,1-3H3. The van der Waals surface area contributed by atoms with E-state index in [9.17, 15) is 5.11 Å². The quantitative estimate of drug-likeness (QED) is 0.722. The van der Waals surface area contributed by atoms with Gasteiger partial charge in [0.2, 0.25) is 0 Å². The summed E-state index contributed by atoms with van der Waals surface area (Å²) >= 11 is 0. The first-order chi connectivity index (χ1) is 7.11. The molecule has 2 unspecified atom stereocenters. The average molecular weight is 214 g/mol. The Morgan fingerprint density at radius 1 is 1.47 bits per heavy atom. The summed E-state index contributed by atoms with van der Waals surface area (Å²) in [7, 11) is 2.20. The number of hydrogen-bond donors (Lipinski definition) is 2. The van der Waals surface area contributed by atoms with E-state index in [0.717, 1.165) is 13.0 Å². The van der Waals surface area contributed by atoms with Crippen molar-refractivity contribution in [3.05, 3.63) is 0 Å². The summed E-state index contributed by atoms with van der Waals surface area (Å²) < 4.78 is 0. The molecule has 0 aromatic heterocycles. The Morgan fingerprint density at radius 3 is 2.73 bits per heavy atom. The van der Waals surface area contributed by atoms with Crippen LogP contribution in [0.5, 0.6) is 0 Å². The van der Waals surface area contributed by atoms with Crippen LogP contribution in [0.3, 0.4) is 0 Å². The van der Waals surface area contributed by atoms with Gasteiger partial charge in [-0.15, -0.1) is 0 Å². The van der Waals surface area contributed by atoms with E-state index in [0.29, 0.717) is 6.04 Å². The van der Waals surface area contributed by atoms with E-state index in [1.165, 1.54) is 25.8 Å². The molecule has 0 bridgehead atoms. The predicted molar refractivity (Wildman–Crippen MR) is 64.1 cm³/mol. The first-order valence-corrected chi connectivity index (χ1v) is 6.17. The van der Waals surface area contributed by atoms with Gasteiger partial charge in [-0.05, 0) is 39.8 Å². The Balaban J connectivity index is 2.34. The van der Waals surface area contributed by atoms with Crippen LogP contribution < -0.4 is 5.32 Å². The van der Waals surface area contributed by atoms with Gasteiger partial charge in [0.25, 0.3) is 0 Å². The second-order valence-corrected chi connectivity index (χ2v) is 5.08. The normalized spacial score (nSPS) is 27.6. The molecule has 1 heterocycles. The molecular formula is C12H26N2O. The SMILES string of the molecule is CCC(C)(CO)NCC1CCCCN1C. The summed E-state index contributed by atoms with van der Waals surface area (Å²) in [6.45, 7) is 6.65. The van der Waals surface area contributed by atoms with Crippen LogP contribution in [0.4, 0.5) is 0 Å². The third-order valence-electron chi connectivity index (χ3n) is 3.82. The number of aliphatic hydroxyl groups is 1. The second kappa shape index (κ2) is 5.83. The lowest BCUT2D eigenvalue weighted by atomic mass is 9.97. The molecule has 1 aliphatic rings. The van der Waals surface area contributed by atoms with Gasteiger partial charge in [-0.25, -0.2) is 0 Å². The van der Waals surface area contributed by atoms with Crippen LogP contribution in [0.2, 0.25) is 0 Å². The van der Waals surface area contributed by atoms with E-state index in [4.69, 9.17) is 0 Å². The molecule has 2 atom stereocenters. The van der Waals surface area contributed by atoms with Crippen molar-refractivity contribution in [1.29, 1.82) is 0 Å². The zero-order valence-corrected chi connectivity index (χ0v) is 10.4. The molecule has 0 spiro atoms. The van der Waals surface area contributed by atoms with Crippen LogP contribution in [0, 0.1) is 0 Å². The zero-order valence-electron chi connectivity index (χ0n) is 10.4. The van der Waals surface area contributed by atoms with Crippen LogP contribution in [0.15, 0.2) is 0 Å². The molecule has 0 radical (unpaired) electrons. The number of nitrogens with one attached hydrogen (secondary N) is 1. The van der Waals surface area contributed by atoms with Crippen molar-refractivity contribution in [2.24, 2.45) is 0 Å². The fraction of sp³-hybridized carbons (Fsp3) is 1.00. The van der Waals surface area contributed by atoms with E-state index in [1.807, 2.05) is 0 Å². The van der Waals surface area contributed by atoms with Crippen molar-refractivity contribution in [1.82, 2.24) is 10.2 Å². The smallest absolute Gasteiger partial charge is 0.0610 e. The first-order valence-electron chi connectivity index (χ1n) is 6.17. The summed E-state index contributed by atoms with van der Waals surface area (Å²) in [4.78, 5) is 2.43. The number of likely N-dealkylation sites (N-methyl/N-ethyl adjacent to an activating group) is 1. The topological polar surface area (TPSA) is 35.5 Å². The Kier molecular flexibility index (Phi) is 5.03. The van der Waals surface area contributed by atoms with Crippen LogP contribution >= 0.6 is 0 Å². The third kappa shape index (κ3) is 3.74. The highest BCUT2D eigenvalue weighted by Gasteiger charge is 2.24. The van der Waals surface area contributed by atoms with E-state index >= 15 is 0 Å². The summed E-state index contributed by atoms with van der Waals surface area (Å²) in [6.07, 6.45) is 4.94. The molecule has 1 rings (SSSR count). The maximum Gasteiger partial charge on any atom is 0.0610 e. The predicted octanol–water partition coefficient (Wildman–Crippen LogP) is 1.22. The summed E-state index contributed by atoms with van der Waals surface area (Å²) in [6, 6.07) is 0.649. The molecule has 3 nitrogen and oxygen atoms in total. The number of likely N-dealkylation sites (tertiary alicyclic amines) is 1. The molecule has 2 N–H and O–H groups in total. The Hall–Kier alpha value is -0.120. The first kappa shape index (κ1) is 12.9. The van der Waals surface area contributed by atoms with Gasteiger partial charge in [-0.2, -0.15) is 0 Å². The molecule has 1 aliphatic heterocycles. The minimum atomic E-state index is -0.0989. The minimum absolute atomic E-state index is 0.0989. The highest BCUT2D eigenvalue weighted by atomic mass is 16.3. The molecule has 15 heavy (non-hydrogen) atoms. The lowest BCUT2D eigenvalue weighted by Gasteiger charge is -2.36. The number of nitrogens with zero attached hydrogens (tertiary/aromatic N) is 1. The Bertz CT molecular complexity index is 180. The number of aliphatic hydroxyl groups excluding tert-OH is 1. The summed E-state index contributed by atoms with van der Waals surface area (Å²) in [5.74, 6) is 0. The molecule has 90 valence electrons. The third-order valence-corrected chi connectivity index (χ3v) is 3.82. The molecule has 0 aromatic carbocycles. The highest BCUT2D eigenvalue weighted by Crippen LogP contribution is 2.16. The lowest BCUT2D eigenvalue weighted by Crippen LogP contribution is -2.52. The van der Waals surface area contributed by atoms with Crippen molar-refractivity contribution in [3.63, 3.8) is 0 Å². The van der Waals surface area contributed by atoms with Crippen LogP contribution in [-0.4, -0.2) is 48.3 Å². The Labute approximate surface area is 93.9 Å². The van der Waals surface area contributed by atoms with Crippen LogP contribution in [-0.2, 0) is 0 Å². The van der Waals surface area contributed by atoms with Crippen LogP contribution in [0.25, 0.3) is 0 Å². The second-order valence-electron chi connectivity index (χ2n) is 5.08. The van der Waals surface area contributed by atoms with Crippen molar-refractivity contribution in [3.8, 4) is 0 Å². The maximum absolute atomic E-state index is 9.30. The van der Waals surface area contributed by atoms with E-state index in [1.54, 1.807) is 0 Å². The monoisotopic (exact) mass is 214 g/mol. The van der Waals surface area contributed by atoms with E-state index < -0.39 is 0 Å². The van der Waals surface area contributed by atoms with Gasteiger partial charge in [-0.1, -0.05) is 13.3 Å². The van der Waals surface area contributed by atoms with Gasteiger partial charge in [-0.3, -0.25) is 0 Å². The molecule has 1 fully saturated rings. The Morgan fingerprint density at radius 2 is 2.20 bits per heavy atom. The summed E-state index contributed by atoms with van der Waals surface area (Å²) in [5.41, 5.74) is -0.0989. The highest BCUT2D eigenvalue weighted by molar-refractivity contribution is 4.84. The number of hydrogen-bond acceptors (Lipinski definition) is 3. The largest absolute Gasteiger partial charge is 0.394 e.